The summed E-state index contributed by atoms with van der Waals surface area (Å²) in [5.41, 5.74) is 7.30. The van der Waals surface area contributed by atoms with Gasteiger partial charge in [-0.15, -0.1) is 0 Å². The summed E-state index contributed by atoms with van der Waals surface area (Å²) in [6.07, 6.45) is 0. The Morgan fingerprint density at radius 1 is 1.21 bits per heavy atom. The average molecular weight is 259 g/mol. The van der Waals surface area contributed by atoms with Gasteiger partial charge in [0.2, 0.25) is 0 Å². The Labute approximate surface area is 111 Å². The van der Waals surface area contributed by atoms with Gasteiger partial charge in [-0.25, -0.2) is 0 Å². The molecule has 1 aromatic carbocycles. The summed E-state index contributed by atoms with van der Waals surface area (Å²) in [7, 11) is 2.12. The van der Waals surface area contributed by atoms with Crippen LogP contribution in [0.5, 0.6) is 0 Å². The van der Waals surface area contributed by atoms with Gasteiger partial charge in [-0.3, -0.25) is 0 Å². The Hall–Kier alpha value is -2.08. The molecule has 0 aliphatic carbocycles. The molecule has 2 N–H and O–H groups in total. The first kappa shape index (κ1) is 12.0. The SMILES string of the molecule is CN1CCN(c2noc(-c3cccc(N)c3)n2)CC1. The lowest BCUT2D eigenvalue weighted by molar-refractivity contribution is 0.309. The highest BCUT2D eigenvalue weighted by atomic mass is 16.5. The van der Waals surface area contributed by atoms with E-state index in [2.05, 4.69) is 27.0 Å². The Morgan fingerprint density at radius 3 is 2.74 bits per heavy atom. The fourth-order valence-electron chi connectivity index (χ4n) is 2.14. The van der Waals surface area contributed by atoms with E-state index in [1.807, 2.05) is 24.3 Å². The zero-order valence-electron chi connectivity index (χ0n) is 10.9. The summed E-state index contributed by atoms with van der Waals surface area (Å²) in [5.74, 6) is 1.17. The molecular formula is C13H17N5O. The standard InChI is InChI=1S/C13H17N5O/c1-17-5-7-18(8-6-17)13-15-12(19-16-13)10-3-2-4-11(14)9-10/h2-4,9H,5-8,14H2,1H3. The van der Waals surface area contributed by atoms with E-state index in [-0.39, 0.29) is 0 Å². The van der Waals surface area contributed by atoms with Crippen molar-refractivity contribution in [2.45, 2.75) is 0 Å². The molecular weight excluding hydrogens is 242 g/mol. The fourth-order valence-corrected chi connectivity index (χ4v) is 2.14. The van der Waals surface area contributed by atoms with Crippen molar-refractivity contribution in [3.63, 3.8) is 0 Å². The van der Waals surface area contributed by atoms with E-state index < -0.39 is 0 Å². The Morgan fingerprint density at radius 2 is 2.00 bits per heavy atom. The van der Waals surface area contributed by atoms with Crippen LogP contribution in [0.4, 0.5) is 11.6 Å². The predicted octanol–water partition coefficient (Wildman–Crippen LogP) is 1.07. The maximum Gasteiger partial charge on any atom is 0.266 e. The molecule has 0 atom stereocenters. The van der Waals surface area contributed by atoms with E-state index in [4.69, 9.17) is 10.3 Å². The lowest BCUT2D eigenvalue weighted by Crippen LogP contribution is -2.44. The highest BCUT2D eigenvalue weighted by Crippen LogP contribution is 2.22. The van der Waals surface area contributed by atoms with E-state index in [0.717, 1.165) is 31.7 Å². The number of aromatic nitrogens is 2. The molecule has 0 amide bonds. The number of nitrogen functional groups attached to an aromatic ring is 1. The van der Waals surface area contributed by atoms with Gasteiger partial charge in [0.25, 0.3) is 11.8 Å². The largest absolute Gasteiger partial charge is 0.399 e. The molecule has 1 aromatic heterocycles. The van der Waals surface area contributed by atoms with Gasteiger partial charge in [-0.05, 0) is 30.4 Å². The van der Waals surface area contributed by atoms with Crippen molar-refractivity contribution >= 4 is 11.6 Å². The number of likely N-dealkylation sites (N-methyl/N-ethyl adjacent to an activating group) is 1. The lowest BCUT2D eigenvalue weighted by Gasteiger charge is -2.31. The number of hydrogen-bond donors (Lipinski definition) is 1. The van der Waals surface area contributed by atoms with Crippen LogP contribution in [-0.4, -0.2) is 48.3 Å². The first-order valence-corrected chi connectivity index (χ1v) is 6.35. The second-order valence-electron chi connectivity index (χ2n) is 4.82. The van der Waals surface area contributed by atoms with Crippen LogP contribution in [0, 0.1) is 0 Å². The third-order valence-corrected chi connectivity index (χ3v) is 3.34. The second kappa shape index (κ2) is 4.89. The quantitative estimate of drug-likeness (QED) is 0.813. The first-order chi connectivity index (χ1) is 9.22. The number of nitrogens with two attached hydrogens (primary N) is 1. The van der Waals surface area contributed by atoms with Crippen molar-refractivity contribution in [1.82, 2.24) is 15.0 Å². The molecule has 3 rings (SSSR count). The lowest BCUT2D eigenvalue weighted by atomic mass is 10.2. The first-order valence-electron chi connectivity index (χ1n) is 6.35. The van der Waals surface area contributed by atoms with Crippen LogP contribution in [0.1, 0.15) is 0 Å². The molecule has 6 nitrogen and oxygen atoms in total. The van der Waals surface area contributed by atoms with Crippen LogP contribution >= 0.6 is 0 Å². The fraction of sp³-hybridized carbons (Fsp3) is 0.385. The van der Waals surface area contributed by atoms with Crippen molar-refractivity contribution in [3.8, 4) is 11.5 Å². The maximum absolute atomic E-state index is 5.76. The average Bonchev–Trinajstić information content (AvgIpc) is 2.89. The molecule has 100 valence electrons. The monoisotopic (exact) mass is 259 g/mol. The summed E-state index contributed by atoms with van der Waals surface area (Å²) in [5, 5.41) is 4.05. The van der Waals surface area contributed by atoms with Crippen LogP contribution in [0.15, 0.2) is 28.8 Å². The van der Waals surface area contributed by atoms with E-state index in [9.17, 15) is 0 Å². The second-order valence-corrected chi connectivity index (χ2v) is 4.82. The van der Waals surface area contributed by atoms with Crippen LogP contribution in [0.3, 0.4) is 0 Å². The van der Waals surface area contributed by atoms with E-state index in [1.165, 1.54) is 0 Å². The predicted molar refractivity (Wildman–Crippen MR) is 73.9 cm³/mol. The third-order valence-electron chi connectivity index (χ3n) is 3.34. The molecule has 2 aromatic rings. The summed E-state index contributed by atoms with van der Waals surface area (Å²) < 4.78 is 5.31. The number of piperazine rings is 1. The zero-order chi connectivity index (χ0) is 13.2. The normalized spacial score (nSPS) is 16.8. The Bertz CT molecular complexity index is 560. The van der Waals surface area contributed by atoms with E-state index in [0.29, 0.717) is 17.5 Å². The molecule has 0 saturated carbocycles. The van der Waals surface area contributed by atoms with Crippen molar-refractivity contribution < 1.29 is 4.52 Å². The molecule has 0 radical (unpaired) electrons. The molecule has 2 heterocycles. The van der Waals surface area contributed by atoms with Gasteiger partial charge in [-0.1, -0.05) is 6.07 Å². The highest BCUT2D eigenvalue weighted by molar-refractivity contribution is 5.60. The number of hydrogen-bond acceptors (Lipinski definition) is 6. The zero-order valence-corrected chi connectivity index (χ0v) is 10.9. The molecule has 0 unspecified atom stereocenters. The van der Waals surface area contributed by atoms with Gasteiger partial charge in [-0.2, -0.15) is 4.98 Å². The maximum atomic E-state index is 5.76. The summed E-state index contributed by atoms with van der Waals surface area (Å²) in [6, 6.07) is 7.46. The molecule has 1 fully saturated rings. The number of benzene rings is 1. The van der Waals surface area contributed by atoms with Gasteiger partial charge < -0.3 is 20.1 Å². The molecule has 19 heavy (non-hydrogen) atoms. The third kappa shape index (κ3) is 2.53. The molecule has 0 spiro atoms. The van der Waals surface area contributed by atoms with Crippen LogP contribution in [0.2, 0.25) is 0 Å². The van der Waals surface area contributed by atoms with E-state index >= 15 is 0 Å². The number of anilines is 2. The minimum atomic E-state index is 0.515. The van der Waals surface area contributed by atoms with E-state index in [1.54, 1.807) is 0 Å². The number of nitrogens with zero attached hydrogens (tertiary/aromatic N) is 4. The molecule has 1 saturated heterocycles. The van der Waals surface area contributed by atoms with Gasteiger partial charge in [0.05, 0.1) is 0 Å². The highest BCUT2D eigenvalue weighted by Gasteiger charge is 2.19. The minimum Gasteiger partial charge on any atom is -0.399 e. The Kier molecular flexibility index (Phi) is 3.08. The minimum absolute atomic E-state index is 0.515. The topological polar surface area (TPSA) is 71.4 Å². The van der Waals surface area contributed by atoms with Crippen molar-refractivity contribution in [2.24, 2.45) is 0 Å². The molecule has 0 bridgehead atoms. The van der Waals surface area contributed by atoms with Gasteiger partial charge in [0.1, 0.15) is 0 Å². The van der Waals surface area contributed by atoms with Gasteiger partial charge in [0.15, 0.2) is 0 Å². The van der Waals surface area contributed by atoms with Crippen LogP contribution in [0.25, 0.3) is 11.5 Å². The Balaban J connectivity index is 1.80. The van der Waals surface area contributed by atoms with Gasteiger partial charge in [0, 0.05) is 37.4 Å². The van der Waals surface area contributed by atoms with Gasteiger partial charge >= 0.3 is 0 Å². The van der Waals surface area contributed by atoms with Crippen LogP contribution in [-0.2, 0) is 0 Å². The molecule has 1 aliphatic heterocycles. The summed E-state index contributed by atoms with van der Waals surface area (Å²) >= 11 is 0. The van der Waals surface area contributed by atoms with Crippen molar-refractivity contribution in [3.05, 3.63) is 24.3 Å². The van der Waals surface area contributed by atoms with Crippen LogP contribution < -0.4 is 10.6 Å². The molecule has 1 aliphatic rings. The van der Waals surface area contributed by atoms with Crippen molar-refractivity contribution in [2.75, 3.05) is 43.9 Å². The smallest absolute Gasteiger partial charge is 0.266 e. The molecule has 6 heteroatoms. The van der Waals surface area contributed by atoms with Crippen molar-refractivity contribution in [1.29, 1.82) is 0 Å². The summed E-state index contributed by atoms with van der Waals surface area (Å²) in [6.45, 7) is 3.88. The number of rotatable bonds is 2. The summed E-state index contributed by atoms with van der Waals surface area (Å²) in [4.78, 5) is 8.87.